The molecular formula is C17H23N3O3. The molecule has 0 unspecified atom stereocenters. The van der Waals surface area contributed by atoms with Crippen LogP contribution in [0, 0.1) is 5.92 Å². The Hall–Kier alpha value is -2.34. The third-order valence-corrected chi connectivity index (χ3v) is 4.04. The van der Waals surface area contributed by atoms with E-state index in [9.17, 15) is 9.90 Å². The van der Waals surface area contributed by atoms with Crippen LogP contribution < -0.4 is 10.1 Å². The Morgan fingerprint density at radius 1 is 1.48 bits per heavy atom. The Labute approximate surface area is 136 Å². The van der Waals surface area contributed by atoms with Crippen LogP contribution in [0.2, 0.25) is 0 Å². The number of ether oxygens (including phenoxy) is 1. The molecular weight excluding hydrogens is 294 g/mol. The number of aliphatic hydroxyl groups excluding tert-OH is 1. The fraction of sp³-hybridized carbons (Fsp3) is 0.412. The Kier molecular flexibility index (Phi) is 5.76. The van der Waals surface area contributed by atoms with Crippen molar-refractivity contribution in [3.63, 3.8) is 0 Å². The third kappa shape index (κ3) is 3.90. The van der Waals surface area contributed by atoms with Crippen LogP contribution in [0.3, 0.4) is 0 Å². The van der Waals surface area contributed by atoms with E-state index in [0.717, 1.165) is 6.42 Å². The van der Waals surface area contributed by atoms with E-state index in [1.807, 2.05) is 13.8 Å². The fourth-order valence-corrected chi connectivity index (χ4v) is 2.33. The predicted molar refractivity (Wildman–Crippen MR) is 87.9 cm³/mol. The maximum Gasteiger partial charge on any atom is 0.251 e. The van der Waals surface area contributed by atoms with E-state index in [1.165, 1.54) is 0 Å². The maximum atomic E-state index is 12.5. The van der Waals surface area contributed by atoms with Crippen LogP contribution in [0.1, 0.15) is 30.6 Å². The lowest BCUT2D eigenvalue weighted by Crippen LogP contribution is -2.41. The summed E-state index contributed by atoms with van der Waals surface area (Å²) in [5.74, 6) is 0.610. The number of hydrogen-bond acceptors (Lipinski definition) is 4. The van der Waals surface area contributed by atoms with Gasteiger partial charge in [-0.15, -0.1) is 0 Å². The number of nitrogens with zero attached hydrogens (tertiary/aromatic N) is 2. The van der Waals surface area contributed by atoms with Crippen molar-refractivity contribution in [3.05, 3.63) is 42.2 Å². The van der Waals surface area contributed by atoms with Gasteiger partial charge in [-0.2, -0.15) is 5.10 Å². The number of aliphatic hydroxyl groups is 1. The number of aromatic nitrogens is 2. The molecule has 2 atom stereocenters. The van der Waals surface area contributed by atoms with E-state index in [0.29, 0.717) is 17.0 Å². The summed E-state index contributed by atoms with van der Waals surface area (Å²) in [6, 6.07) is 6.71. The highest BCUT2D eigenvalue weighted by atomic mass is 16.5. The van der Waals surface area contributed by atoms with Gasteiger partial charge < -0.3 is 15.2 Å². The molecule has 0 fully saturated rings. The summed E-state index contributed by atoms with van der Waals surface area (Å²) in [7, 11) is 1.58. The fourth-order valence-electron chi connectivity index (χ4n) is 2.33. The standard InChI is InChI=1S/C17H23N3O3/c1-4-12(2)14(11-21)19-17(22)13-6-7-16(23-3)15(10-13)20-9-5-8-18-20/h5-10,12,14,21H,4,11H2,1-3H3,(H,19,22)/t12-,14-/m1/s1. The summed E-state index contributed by atoms with van der Waals surface area (Å²) in [5, 5.41) is 16.5. The lowest BCUT2D eigenvalue weighted by atomic mass is 9.99. The van der Waals surface area contributed by atoms with Gasteiger partial charge in [0.2, 0.25) is 0 Å². The van der Waals surface area contributed by atoms with Crippen molar-refractivity contribution in [3.8, 4) is 11.4 Å². The number of methoxy groups -OCH3 is 1. The molecule has 0 bridgehead atoms. The van der Waals surface area contributed by atoms with E-state index < -0.39 is 0 Å². The van der Waals surface area contributed by atoms with Crippen LogP contribution >= 0.6 is 0 Å². The average Bonchev–Trinajstić information content (AvgIpc) is 3.12. The van der Waals surface area contributed by atoms with E-state index in [4.69, 9.17) is 4.74 Å². The second kappa shape index (κ2) is 7.78. The van der Waals surface area contributed by atoms with Crippen LogP contribution in [0.25, 0.3) is 5.69 Å². The van der Waals surface area contributed by atoms with Crippen molar-refractivity contribution in [1.29, 1.82) is 0 Å². The molecule has 6 nitrogen and oxygen atoms in total. The molecule has 0 radical (unpaired) electrons. The Balaban J connectivity index is 2.26. The lowest BCUT2D eigenvalue weighted by Gasteiger charge is -2.22. The minimum absolute atomic E-state index is 0.0804. The number of benzene rings is 1. The molecule has 0 aliphatic heterocycles. The molecule has 0 saturated heterocycles. The van der Waals surface area contributed by atoms with Gasteiger partial charge in [0, 0.05) is 18.0 Å². The molecule has 0 aliphatic rings. The summed E-state index contributed by atoms with van der Waals surface area (Å²) >= 11 is 0. The van der Waals surface area contributed by atoms with Crippen molar-refractivity contribution >= 4 is 5.91 Å². The van der Waals surface area contributed by atoms with Crippen molar-refractivity contribution in [1.82, 2.24) is 15.1 Å². The van der Waals surface area contributed by atoms with Gasteiger partial charge in [0.05, 0.1) is 19.8 Å². The quantitative estimate of drug-likeness (QED) is 0.819. The second-order valence-electron chi connectivity index (χ2n) is 5.49. The molecule has 0 spiro atoms. The topological polar surface area (TPSA) is 76.4 Å². The molecule has 2 aromatic rings. The van der Waals surface area contributed by atoms with Gasteiger partial charge in [-0.05, 0) is 30.2 Å². The first-order valence-electron chi connectivity index (χ1n) is 7.70. The van der Waals surface area contributed by atoms with Crippen LogP contribution in [0.5, 0.6) is 5.75 Å². The van der Waals surface area contributed by atoms with Gasteiger partial charge in [-0.1, -0.05) is 20.3 Å². The smallest absolute Gasteiger partial charge is 0.251 e. The molecule has 23 heavy (non-hydrogen) atoms. The first kappa shape index (κ1) is 17.0. The SMILES string of the molecule is CC[C@@H](C)[C@@H](CO)NC(=O)c1ccc(OC)c(-n2cccn2)c1. The molecule has 1 amide bonds. The Bertz CT molecular complexity index is 641. The molecule has 124 valence electrons. The molecule has 1 heterocycles. The summed E-state index contributed by atoms with van der Waals surface area (Å²) in [4.78, 5) is 12.5. The number of amides is 1. The largest absolute Gasteiger partial charge is 0.494 e. The van der Waals surface area contributed by atoms with Gasteiger partial charge in [-0.25, -0.2) is 4.68 Å². The molecule has 6 heteroatoms. The van der Waals surface area contributed by atoms with Crippen molar-refractivity contribution in [2.45, 2.75) is 26.3 Å². The lowest BCUT2D eigenvalue weighted by molar-refractivity contribution is 0.0891. The summed E-state index contributed by atoms with van der Waals surface area (Å²) in [5.41, 5.74) is 1.19. The minimum atomic E-state index is -0.261. The zero-order valence-corrected chi connectivity index (χ0v) is 13.7. The van der Waals surface area contributed by atoms with Crippen molar-refractivity contribution < 1.29 is 14.6 Å². The number of hydrogen-bond donors (Lipinski definition) is 2. The average molecular weight is 317 g/mol. The number of carbonyl (C=O) groups is 1. The molecule has 1 aromatic heterocycles. The normalized spacial score (nSPS) is 13.4. The Morgan fingerprint density at radius 2 is 2.26 bits per heavy atom. The van der Waals surface area contributed by atoms with E-state index in [1.54, 1.807) is 48.5 Å². The summed E-state index contributed by atoms with van der Waals surface area (Å²) in [6.45, 7) is 3.95. The highest BCUT2D eigenvalue weighted by Gasteiger charge is 2.19. The molecule has 1 aromatic carbocycles. The third-order valence-electron chi connectivity index (χ3n) is 4.04. The highest BCUT2D eigenvalue weighted by molar-refractivity contribution is 5.95. The first-order valence-corrected chi connectivity index (χ1v) is 7.70. The van der Waals surface area contributed by atoms with E-state index >= 15 is 0 Å². The summed E-state index contributed by atoms with van der Waals surface area (Å²) in [6.07, 6.45) is 4.33. The highest BCUT2D eigenvalue weighted by Crippen LogP contribution is 2.23. The van der Waals surface area contributed by atoms with Crippen LogP contribution in [-0.4, -0.2) is 40.6 Å². The predicted octanol–water partition coefficient (Wildman–Crippen LogP) is 2.02. The van der Waals surface area contributed by atoms with Gasteiger partial charge in [0.25, 0.3) is 5.91 Å². The zero-order valence-electron chi connectivity index (χ0n) is 13.7. The van der Waals surface area contributed by atoms with Gasteiger partial charge in [0.1, 0.15) is 11.4 Å². The van der Waals surface area contributed by atoms with Crippen molar-refractivity contribution in [2.75, 3.05) is 13.7 Å². The van der Waals surface area contributed by atoms with E-state index in [2.05, 4.69) is 10.4 Å². The van der Waals surface area contributed by atoms with Crippen molar-refractivity contribution in [2.24, 2.45) is 5.92 Å². The number of rotatable bonds is 7. The summed E-state index contributed by atoms with van der Waals surface area (Å²) < 4.78 is 6.98. The van der Waals surface area contributed by atoms with Crippen LogP contribution in [0.4, 0.5) is 0 Å². The zero-order chi connectivity index (χ0) is 16.8. The maximum absolute atomic E-state index is 12.5. The van der Waals surface area contributed by atoms with Crippen LogP contribution in [0.15, 0.2) is 36.7 Å². The van der Waals surface area contributed by atoms with Gasteiger partial charge in [0.15, 0.2) is 0 Å². The molecule has 2 rings (SSSR count). The monoisotopic (exact) mass is 317 g/mol. The van der Waals surface area contributed by atoms with Gasteiger partial charge in [-0.3, -0.25) is 4.79 Å². The van der Waals surface area contributed by atoms with Crippen LogP contribution in [-0.2, 0) is 0 Å². The number of carbonyl (C=O) groups excluding carboxylic acids is 1. The molecule has 0 saturated carbocycles. The minimum Gasteiger partial charge on any atom is -0.494 e. The van der Waals surface area contributed by atoms with Gasteiger partial charge >= 0.3 is 0 Å². The molecule has 2 N–H and O–H groups in total. The van der Waals surface area contributed by atoms with E-state index in [-0.39, 0.29) is 24.5 Å². The first-order chi connectivity index (χ1) is 11.1. The second-order valence-corrected chi connectivity index (χ2v) is 5.49. The number of nitrogens with one attached hydrogen (secondary N) is 1. The molecule has 0 aliphatic carbocycles. The Morgan fingerprint density at radius 3 is 2.83 bits per heavy atom.